The number of nitriles is 1. The van der Waals surface area contributed by atoms with Crippen molar-refractivity contribution in [2.24, 2.45) is 0 Å². The molecule has 184 valence electrons. The molecule has 2 aromatic heterocycles. The fourth-order valence-corrected chi connectivity index (χ4v) is 5.06. The van der Waals surface area contributed by atoms with Crippen molar-refractivity contribution >= 4 is 28.7 Å². The number of aromatic nitrogens is 3. The van der Waals surface area contributed by atoms with E-state index in [0.29, 0.717) is 23.4 Å². The highest BCUT2D eigenvalue weighted by Crippen LogP contribution is 2.37. The number of benzene rings is 1. The van der Waals surface area contributed by atoms with E-state index in [9.17, 15) is 19.6 Å². The lowest BCUT2D eigenvalue weighted by Gasteiger charge is -2.19. The summed E-state index contributed by atoms with van der Waals surface area (Å²) in [5.41, 5.74) is 3.36. The Balaban J connectivity index is 1.47. The summed E-state index contributed by atoms with van der Waals surface area (Å²) >= 11 is 0. The van der Waals surface area contributed by atoms with Crippen LogP contribution in [0.2, 0.25) is 0 Å². The van der Waals surface area contributed by atoms with Gasteiger partial charge in [-0.15, -0.1) is 0 Å². The average molecular weight is 478 g/mol. The van der Waals surface area contributed by atoms with Gasteiger partial charge in [0.05, 0.1) is 16.6 Å². The lowest BCUT2D eigenvalue weighted by molar-refractivity contribution is -0.147. The molecule has 1 saturated carbocycles. The summed E-state index contributed by atoms with van der Waals surface area (Å²) < 4.78 is 10.3. The first-order valence-corrected chi connectivity index (χ1v) is 12.1. The number of hydrogen-bond acceptors (Lipinski definition) is 5. The van der Waals surface area contributed by atoms with Gasteiger partial charge in [0.25, 0.3) is 5.91 Å². The molecule has 1 aromatic carbocycles. The van der Waals surface area contributed by atoms with E-state index < -0.39 is 18.5 Å². The van der Waals surface area contributed by atoms with Gasteiger partial charge in [0.15, 0.2) is 6.61 Å². The first-order chi connectivity index (χ1) is 16.9. The Hall–Kier alpha value is -3.80. The minimum atomic E-state index is -0.680. The smallest absolute Gasteiger partial charge is 0.329 e. The fraction of sp³-hybridized carbons (Fsp3) is 0.462. The number of imidazole rings is 1. The van der Waals surface area contributed by atoms with Crippen LogP contribution in [0.4, 0.5) is 5.82 Å². The molecule has 2 heterocycles. The Bertz CT molecular complexity index is 1370. The van der Waals surface area contributed by atoms with Gasteiger partial charge in [0, 0.05) is 18.3 Å². The van der Waals surface area contributed by atoms with Crippen LogP contribution in [-0.2, 0) is 27.4 Å². The number of anilines is 1. The molecule has 1 aliphatic carbocycles. The monoisotopic (exact) mass is 477 g/mol. The van der Waals surface area contributed by atoms with Crippen molar-refractivity contribution in [3.63, 3.8) is 0 Å². The number of aryl methyl sites for hydroxylation is 1. The summed E-state index contributed by atoms with van der Waals surface area (Å²) in [6.45, 7) is 5.57. The van der Waals surface area contributed by atoms with Crippen LogP contribution in [0.1, 0.15) is 61.9 Å². The zero-order valence-corrected chi connectivity index (χ0v) is 20.5. The normalized spacial score (nSPS) is 13.8. The van der Waals surface area contributed by atoms with E-state index >= 15 is 0 Å². The number of nitrogens with one attached hydrogen (secondary N) is 1. The van der Waals surface area contributed by atoms with Crippen molar-refractivity contribution in [3.8, 4) is 6.07 Å². The summed E-state index contributed by atoms with van der Waals surface area (Å²) in [5, 5.41) is 12.5. The Morgan fingerprint density at radius 1 is 1.14 bits per heavy atom. The second-order valence-corrected chi connectivity index (χ2v) is 9.07. The van der Waals surface area contributed by atoms with Crippen LogP contribution in [0.25, 0.3) is 11.0 Å². The van der Waals surface area contributed by atoms with Crippen LogP contribution in [0.3, 0.4) is 0 Å². The quantitative estimate of drug-likeness (QED) is 0.496. The zero-order valence-electron chi connectivity index (χ0n) is 20.5. The number of carbonyl (C=O) groups excluding carboxylic acids is 2. The number of hydrogen-bond donors (Lipinski definition) is 1. The third kappa shape index (κ3) is 4.61. The molecule has 9 heteroatoms. The van der Waals surface area contributed by atoms with Crippen LogP contribution >= 0.6 is 0 Å². The predicted octanol–water partition coefficient (Wildman–Crippen LogP) is 3.80. The van der Waals surface area contributed by atoms with Crippen molar-refractivity contribution in [1.29, 1.82) is 5.26 Å². The molecular weight excluding hydrogens is 446 g/mol. The van der Waals surface area contributed by atoms with Gasteiger partial charge >= 0.3 is 11.7 Å². The van der Waals surface area contributed by atoms with Gasteiger partial charge in [0.2, 0.25) is 0 Å². The van der Waals surface area contributed by atoms with Crippen LogP contribution < -0.4 is 11.0 Å². The van der Waals surface area contributed by atoms with E-state index in [1.165, 1.54) is 4.57 Å². The number of amides is 1. The van der Waals surface area contributed by atoms with Gasteiger partial charge in [-0.1, -0.05) is 31.9 Å². The van der Waals surface area contributed by atoms with Crippen LogP contribution in [-0.4, -0.2) is 32.2 Å². The summed E-state index contributed by atoms with van der Waals surface area (Å²) in [5.74, 6) is -0.734. The van der Waals surface area contributed by atoms with Crippen molar-refractivity contribution in [3.05, 3.63) is 51.6 Å². The molecule has 0 unspecified atom stereocenters. The lowest BCUT2D eigenvalue weighted by atomic mass is 10.2. The zero-order chi connectivity index (χ0) is 25.1. The van der Waals surface area contributed by atoms with E-state index in [1.807, 2.05) is 43.5 Å². The number of para-hydroxylation sites is 2. The van der Waals surface area contributed by atoms with Crippen molar-refractivity contribution in [2.45, 2.75) is 72.0 Å². The van der Waals surface area contributed by atoms with E-state index in [1.54, 1.807) is 10.6 Å². The Morgan fingerprint density at radius 3 is 2.43 bits per heavy atom. The van der Waals surface area contributed by atoms with Gasteiger partial charge in [0.1, 0.15) is 18.4 Å². The minimum absolute atomic E-state index is 0.237. The number of esters is 1. The Kier molecular flexibility index (Phi) is 7.10. The molecule has 0 saturated heterocycles. The van der Waals surface area contributed by atoms with Gasteiger partial charge in [-0.2, -0.15) is 5.26 Å². The first-order valence-electron chi connectivity index (χ1n) is 12.1. The molecule has 3 aromatic rings. The number of nitrogens with zero attached hydrogens (tertiary/aromatic N) is 4. The summed E-state index contributed by atoms with van der Waals surface area (Å²) in [6, 6.07) is 9.73. The van der Waals surface area contributed by atoms with Crippen molar-refractivity contribution < 1.29 is 14.3 Å². The summed E-state index contributed by atoms with van der Waals surface area (Å²) in [4.78, 5) is 38.1. The highest BCUT2D eigenvalue weighted by atomic mass is 16.5. The van der Waals surface area contributed by atoms with E-state index in [2.05, 4.69) is 11.4 Å². The number of carbonyl (C=O) groups is 2. The van der Waals surface area contributed by atoms with Crippen molar-refractivity contribution in [2.75, 3.05) is 11.9 Å². The molecule has 9 nitrogen and oxygen atoms in total. The molecular formula is C26H31N5O4. The fourth-order valence-electron chi connectivity index (χ4n) is 5.06. The molecule has 1 fully saturated rings. The largest absolute Gasteiger partial charge is 0.454 e. The molecule has 0 atom stereocenters. The summed E-state index contributed by atoms with van der Waals surface area (Å²) in [7, 11) is 0. The van der Waals surface area contributed by atoms with Gasteiger partial charge < -0.3 is 14.6 Å². The molecule has 0 aliphatic heterocycles. The van der Waals surface area contributed by atoms with E-state index in [4.69, 9.17) is 4.74 Å². The molecule has 0 bridgehead atoms. The maximum atomic E-state index is 12.9. The number of ether oxygens (including phenoxy) is 1. The minimum Gasteiger partial charge on any atom is -0.454 e. The van der Waals surface area contributed by atoms with Gasteiger partial charge in [-0.25, -0.2) is 4.79 Å². The number of rotatable bonds is 8. The molecule has 1 amide bonds. The third-order valence-corrected chi connectivity index (χ3v) is 6.84. The maximum Gasteiger partial charge on any atom is 0.329 e. The van der Waals surface area contributed by atoms with Gasteiger partial charge in [-0.05, 0) is 50.8 Å². The molecule has 0 spiro atoms. The van der Waals surface area contributed by atoms with Crippen molar-refractivity contribution in [1.82, 2.24) is 13.7 Å². The van der Waals surface area contributed by atoms with E-state index in [-0.39, 0.29) is 18.3 Å². The topological polar surface area (TPSA) is 111 Å². The molecule has 35 heavy (non-hydrogen) atoms. The first kappa shape index (κ1) is 24.3. The van der Waals surface area contributed by atoms with Crippen LogP contribution in [0, 0.1) is 25.2 Å². The highest BCUT2D eigenvalue weighted by molar-refractivity contribution is 5.94. The third-order valence-electron chi connectivity index (χ3n) is 6.84. The molecule has 0 radical (unpaired) electrons. The SMILES string of the molecule is CCCn1c(=O)n(CC(=O)OCC(=O)Nc2c(C#N)c(C)c(C)n2C2CCCC2)c2ccccc21. The summed E-state index contributed by atoms with van der Waals surface area (Å²) in [6.07, 6.45) is 5.01. The second kappa shape index (κ2) is 10.2. The number of fused-ring (bicyclic) bond motifs is 1. The van der Waals surface area contributed by atoms with E-state index in [0.717, 1.165) is 48.9 Å². The average Bonchev–Trinajstić information content (AvgIpc) is 3.52. The Labute approximate surface area is 203 Å². The van der Waals surface area contributed by atoms with Crippen LogP contribution in [0.5, 0.6) is 0 Å². The van der Waals surface area contributed by atoms with Gasteiger partial charge in [-0.3, -0.25) is 18.7 Å². The Morgan fingerprint density at radius 2 is 1.80 bits per heavy atom. The molecule has 4 rings (SSSR count). The van der Waals surface area contributed by atoms with Crippen LogP contribution in [0.15, 0.2) is 29.1 Å². The molecule has 1 aliphatic rings. The second-order valence-electron chi connectivity index (χ2n) is 9.07. The maximum absolute atomic E-state index is 12.9. The predicted molar refractivity (Wildman–Crippen MR) is 132 cm³/mol. The highest BCUT2D eigenvalue weighted by Gasteiger charge is 2.27. The molecule has 1 N–H and O–H groups in total. The standard InChI is InChI=1S/C26H31N5O4/c1-4-13-29-21-11-7-8-12-22(21)30(26(29)34)15-24(33)35-16-23(32)28-25-20(14-27)17(2)18(3)31(25)19-9-5-6-10-19/h7-8,11-12,19H,4-6,9-10,13,15-16H2,1-3H3,(H,28,32). The lowest BCUT2D eigenvalue weighted by Crippen LogP contribution is -2.29.